The quantitative estimate of drug-likeness (QED) is 0.793. The molecule has 0 saturated heterocycles. The van der Waals surface area contributed by atoms with Crippen LogP contribution in [0.1, 0.15) is 16.9 Å². The Morgan fingerprint density at radius 1 is 1.27 bits per heavy atom. The average Bonchev–Trinajstić information content (AvgIpc) is 2.93. The Hall–Kier alpha value is -2.34. The third kappa shape index (κ3) is 3.85. The van der Waals surface area contributed by atoms with Crippen LogP contribution in [-0.4, -0.2) is 43.1 Å². The van der Waals surface area contributed by atoms with Gasteiger partial charge in [-0.05, 0) is 36.8 Å². The van der Waals surface area contributed by atoms with Crippen molar-refractivity contribution in [3.05, 3.63) is 36.0 Å². The van der Waals surface area contributed by atoms with E-state index in [1.165, 1.54) is 0 Å². The molecule has 1 aromatic heterocycles. The lowest BCUT2D eigenvalue weighted by Gasteiger charge is -2.03. The van der Waals surface area contributed by atoms with E-state index >= 15 is 0 Å². The van der Waals surface area contributed by atoms with Gasteiger partial charge in [0.1, 0.15) is 5.75 Å². The van der Waals surface area contributed by atoms with E-state index < -0.39 is 0 Å². The SMILES string of the molecule is COCCCNC(=O)c1cc(-c2ccc(OC)cc2)n(C)n1. The maximum absolute atomic E-state index is 12.1. The summed E-state index contributed by atoms with van der Waals surface area (Å²) in [5, 5.41) is 7.10. The zero-order valence-electron chi connectivity index (χ0n) is 13.1. The number of carbonyl (C=O) groups is 1. The van der Waals surface area contributed by atoms with E-state index in [-0.39, 0.29) is 5.91 Å². The van der Waals surface area contributed by atoms with Gasteiger partial charge >= 0.3 is 0 Å². The molecule has 0 spiro atoms. The van der Waals surface area contributed by atoms with E-state index in [2.05, 4.69) is 10.4 Å². The number of nitrogens with zero attached hydrogens (tertiary/aromatic N) is 2. The van der Waals surface area contributed by atoms with Gasteiger partial charge in [-0.2, -0.15) is 5.10 Å². The van der Waals surface area contributed by atoms with Crippen molar-refractivity contribution in [2.45, 2.75) is 6.42 Å². The zero-order valence-corrected chi connectivity index (χ0v) is 13.1. The van der Waals surface area contributed by atoms with Crippen molar-refractivity contribution in [2.75, 3.05) is 27.4 Å². The maximum atomic E-state index is 12.1. The molecular formula is C16H21N3O3. The first kappa shape index (κ1) is 16.0. The lowest BCUT2D eigenvalue weighted by Crippen LogP contribution is -2.25. The normalized spacial score (nSPS) is 10.5. The second-order valence-electron chi connectivity index (χ2n) is 4.87. The number of aromatic nitrogens is 2. The topological polar surface area (TPSA) is 65.4 Å². The minimum Gasteiger partial charge on any atom is -0.497 e. The van der Waals surface area contributed by atoms with Crippen molar-refractivity contribution in [1.82, 2.24) is 15.1 Å². The minimum absolute atomic E-state index is 0.175. The fraction of sp³-hybridized carbons (Fsp3) is 0.375. The van der Waals surface area contributed by atoms with Gasteiger partial charge in [-0.25, -0.2) is 0 Å². The van der Waals surface area contributed by atoms with Gasteiger partial charge in [0.05, 0.1) is 12.8 Å². The molecule has 0 atom stereocenters. The minimum atomic E-state index is -0.175. The highest BCUT2D eigenvalue weighted by molar-refractivity contribution is 5.93. The molecule has 118 valence electrons. The van der Waals surface area contributed by atoms with Crippen molar-refractivity contribution in [3.8, 4) is 17.0 Å². The van der Waals surface area contributed by atoms with Crippen molar-refractivity contribution in [3.63, 3.8) is 0 Å². The largest absolute Gasteiger partial charge is 0.497 e. The van der Waals surface area contributed by atoms with Crippen molar-refractivity contribution in [1.29, 1.82) is 0 Å². The smallest absolute Gasteiger partial charge is 0.271 e. The second kappa shape index (κ2) is 7.61. The summed E-state index contributed by atoms with van der Waals surface area (Å²) in [6.45, 7) is 1.20. The van der Waals surface area contributed by atoms with Crippen LogP contribution in [0.3, 0.4) is 0 Å². The highest BCUT2D eigenvalue weighted by Crippen LogP contribution is 2.22. The lowest BCUT2D eigenvalue weighted by molar-refractivity contribution is 0.0943. The number of ether oxygens (including phenoxy) is 2. The Morgan fingerprint density at radius 2 is 2.00 bits per heavy atom. The molecule has 0 aliphatic carbocycles. The predicted octanol–water partition coefficient (Wildman–Crippen LogP) is 1.86. The number of nitrogens with one attached hydrogen (secondary N) is 1. The molecule has 0 radical (unpaired) electrons. The van der Waals surface area contributed by atoms with Crippen LogP contribution in [0, 0.1) is 0 Å². The van der Waals surface area contributed by atoms with Gasteiger partial charge in [0.15, 0.2) is 5.69 Å². The monoisotopic (exact) mass is 303 g/mol. The van der Waals surface area contributed by atoms with Crippen LogP contribution in [0.2, 0.25) is 0 Å². The molecule has 6 heteroatoms. The molecule has 1 heterocycles. The predicted molar refractivity (Wildman–Crippen MR) is 84.0 cm³/mol. The summed E-state index contributed by atoms with van der Waals surface area (Å²) in [5.74, 6) is 0.619. The van der Waals surface area contributed by atoms with Crippen molar-refractivity contribution in [2.24, 2.45) is 7.05 Å². The first-order valence-electron chi connectivity index (χ1n) is 7.11. The molecular weight excluding hydrogens is 282 g/mol. The molecule has 0 aliphatic heterocycles. The Morgan fingerprint density at radius 3 is 2.64 bits per heavy atom. The van der Waals surface area contributed by atoms with Gasteiger partial charge in [0.25, 0.3) is 5.91 Å². The summed E-state index contributed by atoms with van der Waals surface area (Å²) in [6.07, 6.45) is 0.778. The van der Waals surface area contributed by atoms with E-state index in [1.54, 1.807) is 25.0 Å². The van der Waals surface area contributed by atoms with Gasteiger partial charge in [0.2, 0.25) is 0 Å². The number of carbonyl (C=O) groups excluding carboxylic acids is 1. The molecule has 22 heavy (non-hydrogen) atoms. The number of methoxy groups -OCH3 is 2. The number of amides is 1. The molecule has 0 saturated carbocycles. The summed E-state index contributed by atoms with van der Waals surface area (Å²) in [7, 11) is 5.09. The molecule has 0 aliphatic rings. The van der Waals surface area contributed by atoms with Crippen molar-refractivity contribution < 1.29 is 14.3 Å². The molecule has 1 aromatic carbocycles. The lowest BCUT2D eigenvalue weighted by atomic mass is 10.1. The molecule has 0 bridgehead atoms. The molecule has 2 aromatic rings. The summed E-state index contributed by atoms with van der Waals surface area (Å²) < 4.78 is 11.8. The van der Waals surface area contributed by atoms with Crippen molar-refractivity contribution >= 4 is 5.91 Å². The van der Waals surface area contributed by atoms with Crippen LogP contribution in [0.25, 0.3) is 11.3 Å². The van der Waals surface area contributed by atoms with Gasteiger partial charge in [-0.15, -0.1) is 0 Å². The van der Waals surface area contributed by atoms with E-state index in [0.29, 0.717) is 18.8 Å². The van der Waals surface area contributed by atoms with Crippen LogP contribution in [0.15, 0.2) is 30.3 Å². The summed E-state index contributed by atoms with van der Waals surface area (Å²) in [4.78, 5) is 12.1. The molecule has 2 rings (SSSR count). The average molecular weight is 303 g/mol. The Kier molecular flexibility index (Phi) is 5.55. The highest BCUT2D eigenvalue weighted by atomic mass is 16.5. The molecule has 1 amide bonds. The number of benzene rings is 1. The van der Waals surface area contributed by atoms with E-state index in [1.807, 2.05) is 31.3 Å². The van der Waals surface area contributed by atoms with E-state index in [9.17, 15) is 4.79 Å². The highest BCUT2D eigenvalue weighted by Gasteiger charge is 2.13. The fourth-order valence-electron chi connectivity index (χ4n) is 2.12. The van der Waals surface area contributed by atoms with Crippen LogP contribution >= 0.6 is 0 Å². The standard InChI is InChI=1S/C16H21N3O3/c1-19-15(12-5-7-13(22-3)8-6-12)11-14(18-19)16(20)17-9-4-10-21-2/h5-8,11H,4,9-10H2,1-3H3,(H,17,20). The summed E-state index contributed by atoms with van der Waals surface area (Å²) >= 11 is 0. The Bertz CT molecular complexity index is 620. The van der Waals surface area contributed by atoms with Gasteiger partial charge < -0.3 is 14.8 Å². The van der Waals surface area contributed by atoms with Crippen LogP contribution in [0.4, 0.5) is 0 Å². The first-order chi connectivity index (χ1) is 10.7. The third-order valence-electron chi connectivity index (χ3n) is 3.31. The molecule has 1 N–H and O–H groups in total. The molecule has 0 unspecified atom stereocenters. The first-order valence-corrected chi connectivity index (χ1v) is 7.11. The van der Waals surface area contributed by atoms with E-state index in [0.717, 1.165) is 23.4 Å². The Balaban J connectivity index is 2.08. The van der Waals surface area contributed by atoms with Crippen LogP contribution in [0.5, 0.6) is 5.75 Å². The summed E-state index contributed by atoms with van der Waals surface area (Å²) in [6, 6.07) is 9.43. The zero-order chi connectivity index (χ0) is 15.9. The molecule has 0 fully saturated rings. The van der Waals surface area contributed by atoms with Gasteiger partial charge in [-0.1, -0.05) is 0 Å². The van der Waals surface area contributed by atoms with E-state index in [4.69, 9.17) is 9.47 Å². The van der Waals surface area contributed by atoms with Crippen LogP contribution < -0.4 is 10.1 Å². The number of hydrogen-bond acceptors (Lipinski definition) is 4. The number of hydrogen-bond donors (Lipinski definition) is 1. The van der Waals surface area contributed by atoms with Gasteiger partial charge in [-0.3, -0.25) is 9.48 Å². The van der Waals surface area contributed by atoms with Gasteiger partial charge in [0, 0.05) is 32.9 Å². The van der Waals surface area contributed by atoms with Crippen LogP contribution in [-0.2, 0) is 11.8 Å². The number of rotatable bonds is 7. The molecule has 6 nitrogen and oxygen atoms in total. The second-order valence-corrected chi connectivity index (χ2v) is 4.87. The number of aryl methyl sites for hydroxylation is 1. The Labute approximate surface area is 130 Å². The maximum Gasteiger partial charge on any atom is 0.271 e. The summed E-state index contributed by atoms with van der Waals surface area (Å²) in [5.41, 5.74) is 2.27. The third-order valence-corrected chi connectivity index (χ3v) is 3.31. The fourth-order valence-corrected chi connectivity index (χ4v) is 2.12.